The van der Waals surface area contributed by atoms with Gasteiger partial charge in [-0.25, -0.2) is 14.8 Å². The zero-order chi connectivity index (χ0) is 59.2. The van der Waals surface area contributed by atoms with Crippen LogP contribution in [0.2, 0.25) is 0 Å². The van der Waals surface area contributed by atoms with E-state index in [0.717, 1.165) is 4.90 Å². The van der Waals surface area contributed by atoms with Crippen LogP contribution >= 0.6 is 11.3 Å². The Hall–Kier alpha value is -8.05. The quantitative estimate of drug-likeness (QED) is 0.0171. The normalized spacial score (nSPS) is 19.6. The molecular formula is C53H62N6O21S. The topological polar surface area (TPSA) is 376 Å². The molecule has 28 heteroatoms. The summed E-state index contributed by atoms with van der Waals surface area (Å²) < 4.78 is 47.5. The number of nitrogens with zero attached hydrogens (tertiary/aromatic N) is 4. The van der Waals surface area contributed by atoms with Crippen molar-refractivity contribution in [3.63, 3.8) is 0 Å². The molecule has 2 fully saturated rings. The summed E-state index contributed by atoms with van der Waals surface area (Å²) in [5, 5.41) is 54.8. The van der Waals surface area contributed by atoms with Gasteiger partial charge in [-0.1, -0.05) is 12.5 Å². The van der Waals surface area contributed by atoms with Crippen molar-refractivity contribution in [3.8, 4) is 29.0 Å². The molecule has 0 saturated carbocycles. The first-order valence-electron chi connectivity index (χ1n) is 26.4. The highest BCUT2D eigenvalue weighted by molar-refractivity contribution is 7.20. The van der Waals surface area contributed by atoms with Crippen molar-refractivity contribution >= 4 is 80.5 Å². The zero-order valence-electron chi connectivity index (χ0n) is 45.1. The SMILES string of the molecule is [3H]C1CC(=O)N(CCCCCC(=O)NCCC(=O)Nc2cc(COC(=O)CCC(=O)N3Cc4cc(OC)c(OCCCOc5nc6cc(C(=O)CCC(=O)O)sc6cc5OC)nc4C3)ccc2O[C@@H]2O[C@H](C(=O)O)[C@@H](O)[C@H](O)[C@H]2O)C1=O. The summed E-state index contributed by atoms with van der Waals surface area (Å²) in [7, 11) is 2.90. The second-order valence-corrected chi connectivity index (χ2v) is 19.9. The van der Waals surface area contributed by atoms with E-state index >= 15 is 0 Å². The molecule has 3 aromatic heterocycles. The van der Waals surface area contributed by atoms with E-state index < -0.39 is 72.7 Å². The first-order chi connectivity index (χ1) is 39.2. The van der Waals surface area contributed by atoms with Crippen LogP contribution in [0.15, 0.2) is 36.4 Å². The van der Waals surface area contributed by atoms with Gasteiger partial charge in [0.15, 0.2) is 23.4 Å². The summed E-state index contributed by atoms with van der Waals surface area (Å²) in [6.45, 7) is 0.309. The monoisotopic (exact) mass is 1150 g/mol. The summed E-state index contributed by atoms with van der Waals surface area (Å²) in [6, 6.07) is 9.04. The highest BCUT2D eigenvalue weighted by atomic mass is 32.1. The number of carboxylic acids is 2. The number of anilines is 1. The number of Topliss-reactive ketones (excluding diaryl/α,β-unsaturated/α-hetero) is 1. The molecule has 6 heterocycles. The fraction of sp³-hybridized carbons (Fsp3) is 0.491. The molecule has 1 aromatic carbocycles. The predicted molar refractivity (Wildman–Crippen MR) is 279 cm³/mol. The number of pyridine rings is 2. The molecule has 2 saturated heterocycles. The Kier molecular flexibility index (Phi) is 20.7. The molecule has 1 unspecified atom stereocenters. The summed E-state index contributed by atoms with van der Waals surface area (Å²) in [4.78, 5) is 123. The molecule has 5 amide bonds. The van der Waals surface area contributed by atoms with Crippen LogP contribution in [-0.4, -0.2) is 170 Å². The minimum absolute atomic E-state index is 0.0804. The number of likely N-dealkylation sites (tertiary alicyclic amines) is 1. The maximum atomic E-state index is 13.4. The number of unbranched alkanes of at least 4 members (excludes halogenated alkanes) is 2. The Morgan fingerprint density at radius 1 is 0.778 bits per heavy atom. The molecule has 3 aliphatic rings. The molecule has 0 radical (unpaired) electrons. The number of carbonyl (C=O) groups is 9. The van der Waals surface area contributed by atoms with E-state index in [1.807, 2.05) is 0 Å². The van der Waals surface area contributed by atoms with Gasteiger partial charge < -0.3 is 74.2 Å². The first kappa shape index (κ1) is 59.1. The average Bonchev–Trinajstić information content (AvgIpc) is 4.16. The van der Waals surface area contributed by atoms with Gasteiger partial charge in [-0.05, 0) is 48.2 Å². The van der Waals surface area contributed by atoms with Crippen LogP contribution in [0.5, 0.6) is 29.0 Å². The number of aliphatic hydroxyl groups excluding tert-OH is 3. The van der Waals surface area contributed by atoms with Gasteiger partial charge in [-0.2, -0.15) is 0 Å². The number of ketones is 1. The lowest BCUT2D eigenvalue weighted by molar-refractivity contribution is -0.271. The number of aromatic nitrogens is 2. The van der Waals surface area contributed by atoms with Crippen molar-refractivity contribution in [1.29, 1.82) is 0 Å². The van der Waals surface area contributed by atoms with Gasteiger partial charge in [-0.15, -0.1) is 11.3 Å². The predicted octanol–water partition coefficient (Wildman–Crippen LogP) is 2.39. The van der Waals surface area contributed by atoms with Gasteiger partial charge in [0.1, 0.15) is 30.7 Å². The molecule has 7 N–H and O–H groups in total. The molecule has 0 aliphatic carbocycles. The third-order valence-electron chi connectivity index (χ3n) is 13.0. The van der Waals surface area contributed by atoms with Crippen molar-refractivity contribution in [2.45, 2.75) is 127 Å². The molecule has 4 aromatic rings. The van der Waals surface area contributed by atoms with Crippen LogP contribution in [0.4, 0.5) is 5.69 Å². The number of ether oxygens (including phenoxy) is 7. The van der Waals surface area contributed by atoms with Gasteiger partial charge in [-0.3, -0.25) is 43.3 Å². The second-order valence-electron chi connectivity index (χ2n) is 18.8. The van der Waals surface area contributed by atoms with E-state index in [0.29, 0.717) is 69.1 Å². The van der Waals surface area contributed by atoms with Gasteiger partial charge in [0.05, 0.1) is 73.3 Å². The number of rotatable bonds is 30. The molecule has 436 valence electrons. The van der Waals surface area contributed by atoms with Crippen molar-refractivity contribution in [3.05, 3.63) is 58.1 Å². The molecular weight excluding hydrogens is 1090 g/mol. The summed E-state index contributed by atoms with van der Waals surface area (Å²) in [5.74, 6) is -5.22. The molecule has 81 heavy (non-hydrogen) atoms. The van der Waals surface area contributed by atoms with Crippen molar-refractivity contribution in [2.75, 3.05) is 45.8 Å². The van der Waals surface area contributed by atoms with Gasteiger partial charge in [0.2, 0.25) is 35.8 Å². The maximum Gasteiger partial charge on any atom is 0.335 e. The Balaban J connectivity index is 0.872. The average molecular weight is 1150 g/mol. The number of hydrogen-bond acceptors (Lipinski definition) is 22. The third kappa shape index (κ3) is 16.3. The smallest absolute Gasteiger partial charge is 0.335 e. The van der Waals surface area contributed by atoms with Crippen LogP contribution in [-0.2, 0) is 67.5 Å². The molecule has 3 aliphatic heterocycles. The standard InChI is InChI=1S/C53H62N6O21S/c1-74-35-22-29-25-58(26-32(29)57-50(35)76-19-6-20-77-51-36(75-2)24-37-31(56-51)23-38(81-37)33(60)9-14-44(66)67)41(63)13-15-45(68)78-27-28-8-10-34(79-53-48(71)46(69)47(70)49(80-53)52(72)73)30(21-28)55-40(62)16-17-54-39(61)7-4-3-5-18-59-42(64)11-12-43(59)65/h8,10,21-24,46-49,53,69-71H,3-7,9,11-20,25-27H2,1-2H3,(H,54,61)(H,55,62)(H,66,67)(H,72,73)/t46-,47-,48+,49-,53+/m0/s1/i11T/t11?,46-,47-,48+,49-,53+. The summed E-state index contributed by atoms with van der Waals surface area (Å²) in [6.07, 6.45) is -10.3. The fourth-order valence-corrected chi connectivity index (χ4v) is 9.60. The Labute approximate surface area is 467 Å². The van der Waals surface area contributed by atoms with Crippen molar-refractivity contribution < 1.29 is 103 Å². The largest absolute Gasteiger partial charge is 0.491 e. The van der Waals surface area contributed by atoms with Gasteiger partial charge in [0, 0.05) is 72.0 Å². The zero-order valence-corrected chi connectivity index (χ0v) is 44.9. The number of thiophene rings is 1. The van der Waals surface area contributed by atoms with Crippen molar-refractivity contribution in [2.24, 2.45) is 0 Å². The number of aliphatic carboxylic acids is 2. The maximum absolute atomic E-state index is 13.4. The number of fused-ring (bicyclic) bond motifs is 2. The van der Waals surface area contributed by atoms with E-state index in [1.54, 1.807) is 18.2 Å². The third-order valence-corrected chi connectivity index (χ3v) is 14.1. The fourth-order valence-electron chi connectivity index (χ4n) is 8.60. The highest BCUT2D eigenvalue weighted by Crippen LogP contribution is 2.36. The van der Waals surface area contributed by atoms with Crippen LogP contribution in [0.1, 0.15) is 105 Å². The van der Waals surface area contributed by atoms with E-state index in [2.05, 4.69) is 20.6 Å². The molecule has 27 nitrogen and oxygen atoms in total. The van der Waals surface area contributed by atoms with E-state index in [4.69, 9.17) is 39.6 Å². The van der Waals surface area contributed by atoms with E-state index in [1.165, 1.54) is 48.7 Å². The lowest BCUT2D eigenvalue weighted by atomic mass is 9.99. The number of imide groups is 1. The number of aliphatic hydroxyl groups is 3. The minimum atomic E-state index is -2.01. The molecule has 0 bridgehead atoms. The van der Waals surface area contributed by atoms with Gasteiger partial charge >= 0.3 is 17.9 Å². The van der Waals surface area contributed by atoms with Crippen LogP contribution in [0.25, 0.3) is 10.2 Å². The molecule has 7 rings (SSSR count). The minimum Gasteiger partial charge on any atom is -0.491 e. The lowest BCUT2D eigenvalue weighted by Gasteiger charge is -2.38. The highest BCUT2D eigenvalue weighted by Gasteiger charge is 2.48. The number of carboxylic acid groups (broad SMARTS) is 2. The Morgan fingerprint density at radius 3 is 2.22 bits per heavy atom. The first-order valence-corrected chi connectivity index (χ1v) is 26.6. The lowest BCUT2D eigenvalue weighted by Crippen LogP contribution is -2.61. The number of hydrogen-bond donors (Lipinski definition) is 7. The second kappa shape index (κ2) is 28.4. The number of esters is 1. The Morgan fingerprint density at radius 2 is 1.52 bits per heavy atom. The van der Waals surface area contributed by atoms with Crippen LogP contribution in [0.3, 0.4) is 0 Å². The van der Waals surface area contributed by atoms with Crippen molar-refractivity contribution in [1.82, 2.24) is 25.1 Å². The summed E-state index contributed by atoms with van der Waals surface area (Å²) >= 11 is 1.18. The number of nitrogens with one attached hydrogen (secondary N) is 2. The van der Waals surface area contributed by atoms with E-state index in [-0.39, 0.29) is 132 Å². The van der Waals surface area contributed by atoms with Crippen LogP contribution in [0, 0.1) is 0 Å². The number of benzene rings is 1. The number of methoxy groups -OCH3 is 2. The molecule has 0 spiro atoms. The van der Waals surface area contributed by atoms with E-state index in [9.17, 15) is 63.6 Å². The number of amides is 5. The van der Waals surface area contributed by atoms with Gasteiger partial charge in [0.25, 0.3) is 11.8 Å². The summed E-state index contributed by atoms with van der Waals surface area (Å²) in [5.41, 5.74) is 1.98. The number of carbonyl (C=O) groups excluding carboxylic acids is 7. The Bertz CT molecular complexity index is 3050. The van der Waals surface area contributed by atoms with Crippen LogP contribution < -0.4 is 34.3 Å². The molecule has 6 atom stereocenters.